The van der Waals surface area contributed by atoms with Crippen LogP contribution < -0.4 is 10.9 Å². The molecule has 6 heteroatoms. The Kier molecular flexibility index (Phi) is 5.54. The van der Waals surface area contributed by atoms with E-state index in [1.165, 1.54) is 0 Å². The van der Waals surface area contributed by atoms with Crippen molar-refractivity contribution >= 4 is 5.91 Å². The molecule has 3 aromatic rings. The average Bonchev–Trinajstić information content (AvgIpc) is 3.17. The monoisotopic (exact) mass is 364 g/mol. The lowest BCUT2D eigenvalue weighted by atomic mass is 10.0. The van der Waals surface area contributed by atoms with Crippen LogP contribution in [0.3, 0.4) is 0 Å². The number of benzene rings is 1. The van der Waals surface area contributed by atoms with Gasteiger partial charge in [0.2, 0.25) is 0 Å². The molecule has 2 aromatic heterocycles. The molecule has 1 unspecified atom stereocenters. The summed E-state index contributed by atoms with van der Waals surface area (Å²) in [5.41, 5.74) is 3.26. The molecule has 0 spiro atoms. The molecular formula is C21H24N4O2. The lowest BCUT2D eigenvalue weighted by molar-refractivity contribution is 0.0931. The number of aromatic nitrogens is 3. The molecule has 0 fully saturated rings. The van der Waals surface area contributed by atoms with E-state index in [1.807, 2.05) is 61.9 Å². The first-order valence-electron chi connectivity index (χ1n) is 8.99. The zero-order valence-electron chi connectivity index (χ0n) is 15.8. The first-order chi connectivity index (χ1) is 13.0. The van der Waals surface area contributed by atoms with E-state index in [0.29, 0.717) is 13.0 Å². The fourth-order valence-electron chi connectivity index (χ4n) is 3.17. The summed E-state index contributed by atoms with van der Waals surface area (Å²) >= 11 is 0. The van der Waals surface area contributed by atoms with Crippen LogP contribution in [0.5, 0.6) is 0 Å². The van der Waals surface area contributed by atoms with Gasteiger partial charge in [0.1, 0.15) is 5.56 Å². The highest BCUT2D eigenvalue weighted by molar-refractivity contribution is 5.95. The van der Waals surface area contributed by atoms with Crippen molar-refractivity contribution in [3.8, 4) is 0 Å². The Morgan fingerprint density at radius 2 is 1.93 bits per heavy atom. The highest BCUT2D eigenvalue weighted by Gasteiger charge is 2.21. The quantitative estimate of drug-likeness (QED) is 0.705. The largest absolute Gasteiger partial charge is 0.345 e. The second kappa shape index (κ2) is 8.03. The minimum atomic E-state index is -0.352. The van der Waals surface area contributed by atoms with Gasteiger partial charge in [0, 0.05) is 24.6 Å². The fraction of sp³-hybridized carbons (Fsp3) is 0.286. The van der Waals surface area contributed by atoms with Crippen molar-refractivity contribution in [3.63, 3.8) is 0 Å². The third-order valence-corrected chi connectivity index (χ3v) is 5.00. The normalized spacial score (nSPS) is 12.0. The molecular weight excluding hydrogens is 340 g/mol. The van der Waals surface area contributed by atoms with Gasteiger partial charge in [-0.05, 0) is 43.9 Å². The van der Waals surface area contributed by atoms with Gasteiger partial charge >= 0.3 is 0 Å². The topological polar surface area (TPSA) is 79.8 Å². The van der Waals surface area contributed by atoms with Crippen LogP contribution in [-0.2, 0) is 6.54 Å². The number of imidazole rings is 1. The number of carbonyl (C=O) groups is 1. The molecule has 1 aromatic carbocycles. The van der Waals surface area contributed by atoms with Gasteiger partial charge in [-0.2, -0.15) is 0 Å². The van der Waals surface area contributed by atoms with E-state index in [4.69, 9.17) is 0 Å². The summed E-state index contributed by atoms with van der Waals surface area (Å²) in [5, 5.41) is 3.05. The maximum Gasteiger partial charge on any atom is 0.261 e. The molecule has 1 atom stereocenters. The van der Waals surface area contributed by atoms with Gasteiger partial charge in [0.05, 0.1) is 12.4 Å². The smallest absolute Gasteiger partial charge is 0.261 e. The summed E-state index contributed by atoms with van der Waals surface area (Å²) in [6, 6.07) is 9.59. The van der Waals surface area contributed by atoms with E-state index >= 15 is 0 Å². The number of amides is 1. The van der Waals surface area contributed by atoms with E-state index in [0.717, 1.165) is 22.4 Å². The predicted octanol–water partition coefficient (Wildman–Crippen LogP) is 3.06. The number of aryl methyl sites for hydroxylation is 2. The van der Waals surface area contributed by atoms with Crippen molar-refractivity contribution in [2.45, 2.75) is 39.8 Å². The summed E-state index contributed by atoms with van der Waals surface area (Å²) in [5.74, 6) is -0.351. The lowest BCUT2D eigenvalue weighted by Crippen LogP contribution is -2.34. The number of H-pyrrole nitrogens is 1. The van der Waals surface area contributed by atoms with Gasteiger partial charge < -0.3 is 14.9 Å². The molecule has 0 radical (unpaired) electrons. The van der Waals surface area contributed by atoms with E-state index < -0.39 is 0 Å². The van der Waals surface area contributed by atoms with Gasteiger partial charge in [-0.3, -0.25) is 9.59 Å². The van der Waals surface area contributed by atoms with Crippen molar-refractivity contribution in [2.75, 3.05) is 0 Å². The number of nitrogens with one attached hydrogen (secondary N) is 2. The first kappa shape index (κ1) is 18.6. The summed E-state index contributed by atoms with van der Waals surface area (Å²) in [4.78, 5) is 32.2. The zero-order valence-corrected chi connectivity index (χ0v) is 15.8. The summed E-state index contributed by atoms with van der Waals surface area (Å²) in [6.07, 6.45) is 6.06. The summed E-state index contributed by atoms with van der Waals surface area (Å²) in [6.45, 7) is 6.27. The SMILES string of the molecule is Cc1[nH]c(=O)c(C(=O)NC(CCn2ccnc2)c2ccccc2)c(C)c1C. The van der Waals surface area contributed by atoms with Crippen LogP contribution in [-0.4, -0.2) is 20.4 Å². The minimum absolute atomic E-state index is 0.182. The van der Waals surface area contributed by atoms with Gasteiger partial charge in [0.25, 0.3) is 11.5 Å². The average molecular weight is 364 g/mol. The van der Waals surface area contributed by atoms with Crippen LogP contribution in [0.25, 0.3) is 0 Å². The van der Waals surface area contributed by atoms with E-state index in [1.54, 1.807) is 12.5 Å². The van der Waals surface area contributed by atoms with Crippen molar-refractivity contribution < 1.29 is 4.79 Å². The van der Waals surface area contributed by atoms with Crippen molar-refractivity contribution in [1.29, 1.82) is 0 Å². The van der Waals surface area contributed by atoms with Crippen LogP contribution in [0.2, 0.25) is 0 Å². The number of carbonyl (C=O) groups excluding carboxylic acids is 1. The summed E-state index contributed by atoms with van der Waals surface area (Å²) in [7, 11) is 0. The maximum absolute atomic E-state index is 12.9. The molecule has 0 saturated carbocycles. The Morgan fingerprint density at radius 3 is 2.59 bits per heavy atom. The second-order valence-corrected chi connectivity index (χ2v) is 6.73. The molecule has 0 bridgehead atoms. The van der Waals surface area contributed by atoms with Gasteiger partial charge in [0.15, 0.2) is 0 Å². The lowest BCUT2D eigenvalue weighted by Gasteiger charge is -2.20. The number of nitrogens with zero attached hydrogens (tertiary/aromatic N) is 2. The molecule has 1 amide bonds. The number of aromatic amines is 1. The highest BCUT2D eigenvalue weighted by atomic mass is 16.2. The Labute approximate surface area is 158 Å². The minimum Gasteiger partial charge on any atom is -0.345 e. The fourth-order valence-corrected chi connectivity index (χ4v) is 3.17. The van der Waals surface area contributed by atoms with E-state index in [9.17, 15) is 9.59 Å². The molecule has 2 heterocycles. The van der Waals surface area contributed by atoms with Gasteiger partial charge in [-0.1, -0.05) is 30.3 Å². The van der Waals surface area contributed by atoms with Crippen molar-refractivity contribution in [2.24, 2.45) is 0 Å². The van der Waals surface area contributed by atoms with Crippen LogP contribution in [0.1, 0.15) is 45.2 Å². The Morgan fingerprint density at radius 1 is 1.19 bits per heavy atom. The number of hydrogen-bond donors (Lipinski definition) is 2. The van der Waals surface area contributed by atoms with Crippen LogP contribution in [0, 0.1) is 20.8 Å². The van der Waals surface area contributed by atoms with E-state index in [-0.39, 0.29) is 23.1 Å². The molecule has 3 rings (SSSR count). The predicted molar refractivity (Wildman–Crippen MR) is 105 cm³/mol. The molecule has 0 aliphatic carbocycles. The second-order valence-electron chi connectivity index (χ2n) is 6.73. The Hall–Kier alpha value is -3.15. The standard InChI is InChI=1S/C21H24N4O2/c1-14-15(2)19(20(26)23-16(14)3)21(27)24-18(17-7-5-4-6-8-17)9-11-25-12-10-22-13-25/h4-8,10,12-13,18H,9,11H2,1-3H3,(H,23,26)(H,24,27). The van der Waals surface area contributed by atoms with Crippen molar-refractivity contribution in [3.05, 3.63) is 87.4 Å². The molecule has 0 aliphatic heterocycles. The molecule has 2 N–H and O–H groups in total. The Bertz CT molecular complexity index is 975. The van der Waals surface area contributed by atoms with Gasteiger partial charge in [-0.15, -0.1) is 0 Å². The third-order valence-electron chi connectivity index (χ3n) is 5.00. The molecule has 6 nitrogen and oxygen atoms in total. The number of hydrogen-bond acceptors (Lipinski definition) is 3. The Balaban J connectivity index is 1.87. The molecule has 140 valence electrons. The van der Waals surface area contributed by atoms with E-state index in [2.05, 4.69) is 15.3 Å². The van der Waals surface area contributed by atoms with Crippen LogP contribution in [0.15, 0.2) is 53.8 Å². The van der Waals surface area contributed by atoms with Crippen LogP contribution in [0.4, 0.5) is 0 Å². The summed E-state index contributed by atoms with van der Waals surface area (Å²) < 4.78 is 1.97. The molecule has 27 heavy (non-hydrogen) atoms. The zero-order chi connectivity index (χ0) is 19.4. The number of rotatable bonds is 6. The van der Waals surface area contributed by atoms with Crippen LogP contribution >= 0.6 is 0 Å². The van der Waals surface area contributed by atoms with Crippen molar-refractivity contribution in [1.82, 2.24) is 19.9 Å². The third kappa shape index (κ3) is 4.16. The van der Waals surface area contributed by atoms with Gasteiger partial charge in [-0.25, -0.2) is 4.98 Å². The number of pyridine rings is 1. The molecule has 0 aliphatic rings. The maximum atomic E-state index is 12.9. The first-order valence-corrected chi connectivity index (χ1v) is 8.99. The molecule has 0 saturated heterocycles. The highest BCUT2D eigenvalue weighted by Crippen LogP contribution is 2.19.